The van der Waals surface area contributed by atoms with Crippen molar-refractivity contribution in [3.05, 3.63) is 35.4 Å². The third-order valence-corrected chi connectivity index (χ3v) is 3.77. The van der Waals surface area contributed by atoms with Crippen LogP contribution in [0.4, 0.5) is 0 Å². The summed E-state index contributed by atoms with van der Waals surface area (Å²) < 4.78 is 6.07. The number of benzene rings is 1. The predicted molar refractivity (Wildman–Crippen MR) is 75.8 cm³/mol. The summed E-state index contributed by atoms with van der Waals surface area (Å²) in [5.74, 6) is 0. The maximum Gasteiger partial charge on any atom is 0.0774 e. The van der Waals surface area contributed by atoms with E-state index in [1.807, 2.05) is 0 Å². The second kappa shape index (κ2) is 6.35. The second-order valence-corrected chi connectivity index (χ2v) is 5.35. The molecule has 2 nitrogen and oxygen atoms in total. The van der Waals surface area contributed by atoms with Gasteiger partial charge in [0.05, 0.1) is 18.2 Å². The van der Waals surface area contributed by atoms with Gasteiger partial charge < -0.3 is 10.1 Å². The average molecular weight is 247 g/mol. The molecule has 1 saturated heterocycles. The van der Waals surface area contributed by atoms with Gasteiger partial charge in [-0.05, 0) is 50.8 Å². The highest BCUT2D eigenvalue weighted by atomic mass is 16.5. The van der Waals surface area contributed by atoms with Crippen LogP contribution in [0.2, 0.25) is 0 Å². The summed E-state index contributed by atoms with van der Waals surface area (Å²) in [4.78, 5) is 0. The van der Waals surface area contributed by atoms with E-state index in [9.17, 15) is 0 Å². The minimum absolute atomic E-state index is 0.327. The van der Waals surface area contributed by atoms with Crippen LogP contribution in [0.25, 0.3) is 0 Å². The first-order valence-corrected chi connectivity index (χ1v) is 7.16. The van der Waals surface area contributed by atoms with E-state index < -0.39 is 0 Å². The fraction of sp³-hybridized carbons (Fsp3) is 0.625. The Morgan fingerprint density at radius 1 is 1.33 bits per heavy atom. The predicted octanol–water partition coefficient (Wildman–Crippen LogP) is 3.60. The molecule has 0 bridgehead atoms. The third-order valence-electron chi connectivity index (χ3n) is 3.77. The Hall–Kier alpha value is -0.860. The molecule has 0 saturated carbocycles. The highest BCUT2D eigenvalue weighted by molar-refractivity contribution is 5.29. The van der Waals surface area contributed by atoms with Crippen molar-refractivity contribution in [2.75, 3.05) is 6.54 Å². The van der Waals surface area contributed by atoms with Crippen LogP contribution in [0, 0.1) is 6.92 Å². The fourth-order valence-electron chi connectivity index (χ4n) is 2.76. The topological polar surface area (TPSA) is 21.3 Å². The van der Waals surface area contributed by atoms with Gasteiger partial charge in [-0.2, -0.15) is 0 Å². The van der Waals surface area contributed by atoms with Crippen LogP contribution in [0.5, 0.6) is 0 Å². The summed E-state index contributed by atoms with van der Waals surface area (Å²) in [5.41, 5.74) is 2.75. The molecule has 3 atom stereocenters. The molecule has 1 aromatic rings. The van der Waals surface area contributed by atoms with Crippen LogP contribution < -0.4 is 5.32 Å². The van der Waals surface area contributed by atoms with E-state index in [0.29, 0.717) is 18.2 Å². The highest BCUT2D eigenvalue weighted by Gasteiger charge is 2.30. The first kappa shape index (κ1) is 13.6. The fourth-order valence-corrected chi connectivity index (χ4v) is 2.76. The minimum atomic E-state index is 0.327. The van der Waals surface area contributed by atoms with Crippen molar-refractivity contribution in [2.45, 2.75) is 58.3 Å². The molecule has 2 heteroatoms. The van der Waals surface area contributed by atoms with Gasteiger partial charge in [-0.3, -0.25) is 0 Å². The molecule has 0 amide bonds. The first-order valence-electron chi connectivity index (χ1n) is 7.16. The average Bonchev–Trinajstić information content (AvgIpc) is 2.78. The molecule has 1 N–H and O–H groups in total. The number of hydrogen-bond donors (Lipinski definition) is 1. The summed E-state index contributed by atoms with van der Waals surface area (Å²) in [6, 6.07) is 8.99. The number of nitrogens with one attached hydrogen (secondary N) is 1. The maximum absolute atomic E-state index is 6.07. The van der Waals surface area contributed by atoms with Crippen LogP contribution >= 0.6 is 0 Å². The summed E-state index contributed by atoms with van der Waals surface area (Å²) >= 11 is 0. The molecule has 0 aromatic heterocycles. The van der Waals surface area contributed by atoms with Gasteiger partial charge in [0.15, 0.2) is 0 Å². The summed E-state index contributed by atoms with van der Waals surface area (Å²) in [7, 11) is 0. The lowest BCUT2D eigenvalue weighted by Gasteiger charge is -2.26. The standard InChI is InChI=1S/C16H25NO/c1-4-11-17-16(15-10-9-13(3)18-15)14-8-6-5-7-12(14)2/h5-8,13,15-17H,4,9-11H2,1-3H3. The quantitative estimate of drug-likeness (QED) is 0.858. The van der Waals surface area contributed by atoms with Gasteiger partial charge in [0.2, 0.25) is 0 Å². The van der Waals surface area contributed by atoms with Gasteiger partial charge >= 0.3 is 0 Å². The van der Waals surface area contributed by atoms with Crippen LogP contribution in [0.1, 0.15) is 50.3 Å². The lowest BCUT2D eigenvalue weighted by Crippen LogP contribution is -2.33. The smallest absolute Gasteiger partial charge is 0.0774 e. The second-order valence-electron chi connectivity index (χ2n) is 5.35. The summed E-state index contributed by atoms with van der Waals surface area (Å²) in [6.45, 7) is 7.62. The Labute approximate surface area is 111 Å². The van der Waals surface area contributed by atoms with Crippen LogP contribution in [0.15, 0.2) is 24.3 Å². The van der Waals surface area contributed by atoms with E-state index in [2.05, 4.69) is 50.4 Å². The summed E-state index contributed by atoms with van der Waals surface area (Å²) in [5, 5.41) is 3.66. The van der Waals surface area contributed by atoms with Crippen molar-refractivity contribution in [2.24, 2.45) is 0 Å². The third kappa shape index (κ3) is 3.12. The van der Waals surface area contributed by atoms with E-state index in [1.165, 1.54) is 17.5 Å². The van der Waals surface area contributed by atoms with Crippen molar-refractivity contribution in [3.8, 4) is 0 Å². The first-order chi connectivity index (χ1) is 8.72. The van der Waals surface area contributed by atoms with Crippen molar-refractivity contribution >= 4 is 0 Å². The molecule has 2 rings (SSSR count). The molecule has 1 fully saturated rings. The molecular weight excluding hydrogens is 222 g/mol. The Morgan fingerprint density at radius 3 is 2.72 bits per heavy atom. The van der Waals surface area contributed by atoms with E-state index in [1.54, 1.807) is 0 Å². The zero-order valence-electron chi connectivity index (χ0n) is 11.8. The lowest BCUT2D eigenvalue weighted by molar-refractivity contribution is 0.0315. The van der Waals surface area contributed by atoms with Crippen molar-refractivity contribution in [3.63, 3.8) is 0 Å². The lowest BCUT2D eigenvalue weighted by atomic mass is 9.95. The van der Waals surface area contributed by atoms with Gasteiger partial charge in [-0.25, -0.2) is 0 Å². The number of rotatable bonds is 5. The number of aryl methyl sites for hydroxylation is 1. The van der Waals surface area contributed by atoms with Crippen molar-refractivity contribution in [1.82, 2.24) is 5.32 Å². The maximum atomic E-state index is 6.07. The number of hydrogen-bond acceptors (Lipinski definition) is 2. The van der Waals surface area contributed by atoms with Gasteiger partial charge in [-0.15, -0.1) is 0 Å². The monoisotopic (exact) mass is 247 g/mol. The molecule has 1 aliphatic rings. The van der Waals surface area contributed by atoms with Crippen LogP contribution in [-0.2, 0) is 4.74 Å². The Morgan fingerprint density at radius 2 is 2.11 bits per heavy atom. The normalized spacial score (nSPS) is 25.3. The van der Waals surface area contributed by atoms with Crippen molar-refractivity contribution in [1.29, 1.82) is 0 Å². The molecule has 1 aliphatic heterocycles. The molecular formula is C16H25NO. The van der Waals surface area contributed by atoms with Crippen LogP contribution in [-0.4, -0.2) is 18.8 Å². The molecule has 0 radical (unpaired) electrons. The van der Waals surface area contributed by atoms with Gasteiger partial charge in [0.1, 0.15) is 0 Å². The molecule has 1 aromatic carbocycles. The molecule has 100 valence electrons. The summed E-state index contributed by atoms with van der Waals surface area (Å²) in [6.07, 6.45) is 4.24. The molecule has 0 aliphatic carbocycles. The van der Waals surface area contributed by atoms with Gasteiger partial charge in [0, 0.05) is 0 Å². The molecule has 18 heavy (non-hydrogen) atoms. The van der Waals surface area contributed by atoms with Gasteiger partial charge in [0.25, 0.3) is 0 Å². The van der Waals surface area contributed by atoms with Crippen molar-refractivity contribution < 1.29 is 4.74 Å². The Balaban J connectivity index is 2.17. The SMILES string of the molecule is CCCNC(c1ccccc1C)C1CCC(C)O1. The zero-order valence-corrected chi connectivity index (χ0v) is 11.8. The Kier molecular flexibility index (Phi) is 4.79. The molecule has 1 heterocycles. The van der Waals surface area contributed by atoms with E-state index >= 15 is 0 Å². The largest absolute Gasteiger partial charge is 0.373 e. The van der Waals surface area contributed by atoms with Gasteiger partial charge in [-0.1, -0.05) is 31.2 Å². The van der Waals surface area contributed by atoms with E-state index in [4.69, 9.17) is 4.74 Å². The number of ether oxygens (including phenoxy) is 1. The van der Waals surface area contributed by atoms with E-state index in [-0.39, 0.29) is 0 Å². The molecule has 0 spiro atoms. The molecule has 3 unspecified atom stereocenters. The minimum Gasteiger partial charge on any atom is -0.373 e. The van der Waals surface area contributed by atoms with E-state index in [0.717, 1.165) is 19.4 Å². The van der Waals surface area contributed by atoms with Crippen LogP contribution in [0.3, 0.4) is 0 Å². The highest BCUT2D eigenvalue weighted by Crippen LogP contribution is 2.31. The Bertz CT molecular complexity index is 377. The zero-order chi connectivity index (χ0) is 13.0.